The van der Waals surface area contributed by atoms with Crippen molar-refractivity contribution in [2.75, 3.05) is 18.0 Å². The molecule has 1 N–H and O–H groups in total. The van der Waals surface area contributed by atoms with Gasteiger partial charge in [0.1, 0.15) is 0 Å². The van der Waals surface area contributed by atoms with Crippen molar-refractivity contribution in [1.82, 2.24) is 15.3 Å². The summed E-state index contributed by atoms with van der Waals surface area (Å²) in [5.41, 5.74) is 2.29. The van der Waals surface area contributed by atoms with Gasteiger partial charge in [0.25, 0.3) is 0 Å². The van der Waals surface area contributed by atoms with Crippen LogP contribution in [-0.2, 0) is 6.54 Å². The summed E-state index contributed by atoms with van der Waals surface area (Å²) >= 11 is 1.79. The van der Waals surface area contributed by atoms with Crippen molar-refractivity contribution in [1.29, 1.82) is 0 Å². The van der Waals surface area contributed by atoms with E-state index in [0.717, 1.165) is 31.3 Å². The van der Waals surface area contributed by atoms with E-state index < -0.39 is 0 Å². The molecule has 2 aromatic rings. The zero-order valence-corrected chi connectivity index (χ0v) is 15.6. The van der Waals surface area contributed by atoms with Crippen molar-refractivity contribution in [3.05, 3.63) is 39.8 Å². The van der Waals surface area contributed by atoms with Crippen molar-refractivity contribution < 1.29 is 0 Å². The topological polar surface area (TPSA) is 41.1 Å². The van der Waals surface area contributed by atoms with E-state index in [2.05, 4.69) is 46.6 Å². The van der Waals surface area contributed by atoms with Gasteiger partial charge in [-0.1, -0.05) is 25.3 Å². The Morgan fingerprint density at radius 1 is 1.21 bits per heavy atom. The van der Waals surface area contributed by atoms with Crippen LogP contribution in [0.25, 0.3) is 0 Å². The second-order valence-corrected chi connectivity index (χ2v) is 7.68. The first kappa shape index (κ1) is 17.4. The van der Waals surface area contributed by atoms with Crippen molar-refractivity contribution in [3.63, 3.8) is 0 Å². The smallest absolute Gasteiger partial charge is 0.225 e. The molecule has 2 aromatic heterocycles. The molecule has 0 radical (unpaired) electrons. The fourth-order valence-electron chi connectivity index (χ4n) is 3.27. The molecular formula is C19H28N4S. The maximum absolute atomic E-state index is 4.81. The molecule has 0 saturated carbocycles. The SMILES string of the molecule is Cc1nc(N2CCCCCCC2)ncc1[C@H](C)NCc1cccs1. The van der Waals surface area contributed by atoms with E-state index in [-0.39, 0.29) is 6.04 Å². The molecule has 0 amide bonds. The Labute approximate surface area is 149 Å². The van der Waals surface area contributed by atoms with Gasteiger partial charge in [0, 0.05) is 48.0 Å². The highest BCUT2D eigenvalue weighted by Gasteiger charge is 2.15. The van der Waals surface area contributed by atoms with Crippen LogP contribution < -0.4 is 10.2 Å². The minimum absolute atomic E-state index is 0.258. The molecular weight excluding hydrogens is 316 g/mol. The second kappa shape index (κ2) is 8.58. The number of nitrogens with zero attached hydrogens (tertiary/aromatic N) is 3. The monoisotopic (exact) mass is 344 g/mol. The van der Waals surface area contributed by atoms with Gasteiger partial charge in [0.05, 0.1) is 0 Å². The van der Waals surface area contributed by atoms with Gasteiger partial charge in [-0.15, -0.1) is 11.3 Å². The number of aromatic nitrogens is 2. The summed E-state index contributed by atoms with van der Waals surface area (Å²) in [5, 5.41) is 5.70. The summed E-state index contributed by atoms with van der Waals surface area (Å²) < 4.78 is 0. The number of thiophene rings is 1. The molecule has 3 heterocycles. The van der Waals surface area contributed by atoms with Crippen LogP contribution in [0.5, 0.6) is 0 Å². The molecule has 24 heavy (non-hydrogen) atoms. The van der Waals surface area contributed by atoms with Crippen LogP contribution in [0, 0.1) is 6.92 Å². The summed E-state index contributed by atoms with van der Waals surface area (Å²) in [5.74, 6) is 0.906. The summed E-state index contributed by atoms with van der Waals surface area (Å²) in [6.45, 7) is 7.37. The Hall–Kier alpha value is -1.46. The molecule has 0 aromatic carbocycles. The fourth-order valence-corrected chi connectivity index (χ4v) is 3.92. The van der Waals surface area contributed by atoms with Gasteiger partial charge in [-0.3, -0.25) is 0 Å². The zero-order chi connectivity index (χ0) is 16.8. The Kier molecular flexibility index (Phi) is 6.21. The minimum atomic E-state index is 0.258. The minimum Gasteiger partial charge on any atom is -0.341 e. The largest absolute Gasteiger partial charge is 0.341 e. The van der Waals surface area contributed by atoms with E-state index in [0.29, 0.717) is 0 Å². The van der Waals surface area contributed by atoms with Crippen LogP contribution >= 0.6 is 11.3 Å². The van der Waals surface area contributed by atoms with Gasteiger partial charge in [-0.05, 0) is 38.1 Å². The lowest BCUT2D eigenvalue weighted by Gasteiger charge is -2.25. The maximum atomic E-state index is 4.81. The van der Waals surface area contributed by atoms with Gasteiger partial charge >= 0.3 is 0 Å². The lowest BCUT2D eigenvalue weighted by molar-refractivity contribution is 0.547. The first-order valence-corrected chi connectivity index (χ1v) is 9.96. The molecule has 0 aliphatic carbocycles. The van der Waals surface area contributed by atoms with E-state index in [1.807, 2.05) is 6.20 Å². The number of anilines is 1. The van der Waals surface area contributed by atoms with Crippen molar-refractivity contribution in [2.45, 2.75) is 58.5 Å². The summed E-state index contributed by atoms with van der Waals surface area (Å²) in [6.07, 6.45) is 8.56. The van der Waals surface area contributed by atoms with Crippen LogP contribution in [-0.4, -0.2) is 23.1 Å². The molecule has 0 unspecified atom stereocenters. The van der Waals surface area contributed by atoms with E-state index >= 15 is 0 Å². The predicted octanol–water partition coefficient (Wildman–Crippen LogP) is 4.47. The number of rotatable bonds is 5. The molecule has 5 heteroatoms. The number of hydrogen-bond acceptors (Lipinski definition) is 5. The number of nitrogens with one attached hydrogen (secondary N) is 1. The lowest BCUT2D eigenvalue weighted by Crippen LogP contribution is -2.29. The molecule has 1 atom stereocenters. The normalized spacial score (nSPS) is 17.3. The summed E-state index contributed by atoms with van der Waals surface area (Å²) in [4.78, 5) is 13.2. The van der Waals surface area contributed by atoms with E-state index in [4.69, 9.17) is 4.98 Å². The highest BCUT2D eigenvalue weighted by Crippen LogP contribution is 2.21. The molecule has 1 fully saturated rings. The molecule has 1 saturated heterocycles. The zero-order valence-electron chi connectivity index (χ0n) is 14.8. The molecule has 3 rings (SSSR count). The van der Waals surface area contributed by atoms with Crippen LogP contribution in [0.4, 0.5) is 5.95 Å². The third-order valence-corrected chi connectivity index (χ3v) is 5.65. The predicted molar refractivity (Wildman–Crippen MR) is 102 cm³/mol. The van der Waals surface area contributed by atoms with Crippen LogP contribution in [0.2, 0.25) is 0 Å². The van der Waals surface area contributed by atoms with E-state index in [9.17, 15) is 0 Å². The van der Waals surface area contributed by atoms with Gasteiger partial charge < -0.3 is 10.2 Å². The first-order valence-electron chi connectivity index (χ1n) is 9.08. The Balaban J connectivity index is 1.64. The fraction of sp³-hybridized carbons (Fsp3) is 0.579. The van der Waals surface area contributed by atoms with Gasteiger partial charge in [-0.2, -0.15) is 0 Å². The Bertz CT molecular complexity index is 618. The lowest BCUT2D eigenvalue weighted by atomic mass is 10.1. The van der Waals surface area contributed by atoms with Crippen LogP contribution in [0.1, 0.15) is 61.2 Å². The van der Waals surface area contributed by atoms with E-state index in [1.165, 1.54) is 42.5 Å². The quantitative estimate of drug-likeness (QED) is 0.869. The first-order chi connectivity index (χ1) is 11.7. The Morgan fingerprint density at radius 3 is 2.62 bits per heavy atom. The average Bonchev–Trinajstić information content (AvgIpc) is 3.05. The molecule has 130 valence electrons. The average molecular weight is 345 g/mol. The summed E-state index contributed by atoms with van der Waals surface area (Å²) in [6, 6.07) is 4.52. The third kappa shape index (κ3) is 4.54. The highest BCUT2D eigenvalue weighted by molar-refractivity contribution is 7.09. The number of aryl methyl sites for hydroxylation is 1. The Morgan fingerprint density at radius 2 is 1.96 bits per heavy atom. The molecule has 1 aliphatic rings. The van der Waals surface area contributed by atoms with E-state index in [1.54, 1.807) is 11.3 Å². The third-order valence-electron chi connectivity index (χ3n) is 4.77. The molecule has 0 bridgehead atoms. The standard InChI is InChI=1S/C19H28N4S/c1-15(20-13-17-9-8-12-24-17)18-14-21-19(22-16(18)2)23-10-6-4-3-5-7-11-23/h8-9,12,14-15,20H,3-7,10-11,13H2,1-2H3/t15-/m0/s1. The highest BCUT2D eigenvalue weighted by atomic mass is 32.1. The van der Waals surface area contributed by atoms with Crippen LogP contribution in [0.15, 0.2) is 23.7 Å². The maximum Gasteiger partial charge on any atom is 0.225 e. The molecule has 4 nitrogen and oxygen atoms in total. The van der Waals surface area contributed by atoms with Crippen molar-refractivity contribution in [3.8, 4) is 0 Å². The number of hydrogen-bond donors (Lipinski definition) is 1. The summed E-state index contributed by atoms with van der Waals surface area (Å²) in [7, 11) is 0. The van der Waals surface area contributed by atoms with Crippen LogP contribution in [0.3, 0.4) is 0 Å². The second-order valence-electron chi connectivity index (χ2n) is 6.65. The van der Waals surface area contributed by atoms with Crippen molar-refractivity contribution >= 4 is 17.3 Å². The van der Waals surface area contributed by atoms with Gasteiger partial charge in [0.15, 0.2) is 0 Å². The van der Waals surface area contributed by atoms with Gasteiger partial charge in [0.2, 0.25) is 5.95 Å². The molecule has 0 spiro atoms. The molecule has 1 aliphatic heterocycles. The van der Waals surface area contributed by atoms with Crippen molar-refractivity contribution in [2.24, 2.45) is 0 Å². The van der Waals surface area contributed by atoms with Gasteiger partial charge in [-0.25, -0.2) is 9.97 Å².